The van der Waals surface area contributed by atoms with Crippen LogP contribution in [0.1, 0.15) is 57.2 Å². The molecule has 1 atom stereocenters. The molecule has 0 saturated carbocycles. The lowest BCUT2D eigenvalue weighted by atomic mass is 9.98. The van der Waals surface area contributed by atoms with E-state index in [9.17, 15) is 4.79 Å². The van der Waals surface area contributed by atoms with Gasteiger partial charge in [-0.05, 0) is 24.3 Å². The predicted molar refractivity (Wildman–Crippen MR) is 57.7 cm³/mol. The normalized spacial score (nSPS) is 13.2. The molecular formula is C11H18N2O. The zero-order valence-corrected chi connectivity index (χ0v) is 9.29. The van der Waals surface area contributed by atoms with Gasteiger partial charge in [-0.2, -0.15) is 5.10 Å². The van der Waals surface area contributed by atoms with E-state index in [1.165, 1.54) is 0 Å². The van der Waals surface area contributed by atoms with Gasteiger partial charge in [0, 0.05) is 5.56 Å². The summed E-state index contributed by atoms with van der Waals surface area (Å²) < 4.78 is 0. The van der Waals surface area contributed by atoms with Crippen molar-refractivity contribution in [2.24, 2.45) is 0 Å². The van der Waals surface area contributed by atoms with Gasteiger partial charge in [-0.1, -0.05) is 27.7 Å². The molecule has 0 spiro atoms. The Labute approximate surface area is 84.6 Å². The molecule has 1 aromatic heterocycles. The van der Waals surface area contributed by atoms with Crippen molar-refractivity contribution in [1.82, 2.24) is 10.2 Å². The lowest BCUT2D eigenvalue weighted by Gasteiger charge is -2.10. The molecule has 1 N–H and O–H groups in total. The Morgan fingerprint density at radius 3 is 2.57 bits per heavy atom. The van der Waals surface area contributed by atoms with E-state index >= 15 is 0 Å². The largest absolute Gasteiger partial charge is 0.268 e. The first-order chi connectivity index (χ1) is 6.56. The fourth-order valence-corrected chi connectivity index (χ4v) is 1.32. The Kier molecular flexibility index (Phi) is 3.44. The van der Waals surface area contributed by atoms with Crippen LogP contribution < -0.4 is 5.56 Å². The molecule has 3 nitrogen and oxygen atoms in total. The summed E-state index contributed by atoms with van der Waals surface area (Å²) in [7, 11) is 0. The van der Waals surface area contributed by atoms with Crippen LogP contribution in [-0.4, -0.2) is 10.2 Å². The van der Waals surface area contributed by atoms with Gasteiger partial charge < -0.3 is 0 Å². The molecular weight excluding hydrogens is 176 g/mol. The summed E-state index contributed by atoms with van der Waals surface area (Å²) >= 11 is 0. The van der Waals surface area contributed by atoms with Gasteiger partial charge in [0.15, 0.2) is 0 Å². The molecule has 1 rings (SSSR count). The van der Waals surface area contributed by atoms with Crippen LogP contribution in [0.5, 0.6) is 0 Å². The Hall–Kier alpha value is -1.12. The third-order valence-corrected chi connectivity index (χ3v) is 2.59. The maximum atomic E-state index is 11.5. The van der Waals surface area contributed by atoms with Gasteiger partial charge >= 0.3 is 0 Å². The number of H-pyrrole nitrogens is 1. The average molecular weight is 194 g/mol. The SMILES string of the molecule is CC[C@@H](C)c1cc(C(C)C)n[nH]c1=O. The fraction of sp³-hybridized carbons (Fsp3) is 0.636. The van der Waals surface area contributed by atoms with Gasteiger partial charge in [0.05, 0.1) is 5.69 Å². The molecule has 0 bridgehead atoms. The molecule has 1 aromatic rings. The van der Waals surface area contributed by atoms with Gasteiger partial charge in [-0.15, -0.1) is 0 Å². The minimum Gasteiger partial charge on any atom is -0.268 e. The van der Waals surface area contributed by atoms with Crippen molar-refractivity contribution in [1.29, 1.82) is 0 Å². The van der Waals surface area contributed by atoms with E-state index in [-0.39, 0.29) is 5.56 Å². The molecule has 78 valence electrons. The minimum absolute atomic E-state index is 0.0521. The number of hydrogen-bond donors (Lipinski definition) is 1. The molecule has 0 saturated heterocycles. The van der Waals surface area contributed by atoms with Crippen LogP contribution >= 0.6 is 0 Å². The smallest absolute Gasteiger partial charge is 0.267 e. The van der Waals surface area contributed by atoms with Crippen molar-refractivity contribution in [2.75, 3.05) is 0 Å². The van der Waals surface area contributed by atoms with Crippen molar-refractivity contribution in [3.8, 4) is 0 Å². The molecule has 1 heterocycles. The molecule has 0 radical (unpaired) electrons. The van der Waals surface area contributed by atoms with Gasteiger partial charge in [0.2, 0.25) is 0 Å². The van der Waals surface area contributed by atoms with Gasteiger partial charge in [-0.3, -0.25) is 4.79 Å². The van der Waals surface area contributed by atoms with Gasteiger partial charge in [-0.25, -0.2) is 5.10 Å². The molecule has 0 fully saturated rings. The zero-order valence-electron chi connectivity index (χ0n) is 9.29. The molecule has 0 aromatic carbocycles. The number of aromatic nitrogens is 2. The topological polar surface area (TPSA) is 45.8 Å². The van der Waals surface area contributed by atoms with Crippen LogP contribution in [0.2, 0.25) is 0 Å². The third-order valence-electron chi connectivity index (χ3n) is 2.59. The summed E-state index contributed by atoms with van der Waals surface area (Å²) in [5.41, 5.74) is 1.76. The zero-order chi connectivity index (χ0) is 10.7. The Morgan fingerprint density at radius 2 is 2.07 bits per heavy atom. The standard InChI is InChI=1S/C11H18N2O/c1-5-8(4)9-6-10(7(2)3)12-13-11(9)14/h6-8H,5H2,1-4H3,(H,13,14)/t8-/m1/s1. The molecule has 0 unspecified atom stereocenters. The second kappa shape index (κ2) is 4.40. The summed E-state index contributed by atoms with van der Waals surface area (Å²) in [5.74, 6) is 0.661. The van der Waals surface area contributed by atoms with Crippen molar-refractivity contribution < 1.29 is 0 Å². The summed E-state index contributed by atoms with van der Waals surface area (Å²) in [6.07, 6.45) is 0.977. The molecule has 0 aliphatic rings. The first kappa shape index (κ1) is 11.0. The number of aromatic amines is 1. The van der Waals surface area contributed by atoms with Crippen LogP contribution in [0.4, 0.5) is 0 Å². The quantitative estimate of drug-likeness (QED) is 0.803. The second-order valence-electron chi connectivity index (χ2n) is 4.04. The van der Waals surface area contributed by atoms with E-state index in [1.54, 1.807) is 0 Å². The van der Waals surface area contributed by atoms with E-state index in [2.05, 4.69) is 37.9 Å². The van der Waals surface area contributed by atoms with Crippen LogP contribution in [0, 0.1) is 0 Å². The number of nitrogens with zero attached hydrogens (tertiary/aromatic N) is 1. The summed E-state index contributed by atoms with van der Waals surface area (Å²) in [6.45, 7) is 8.29. The van der Waals surface area contributed by atoms with E-state index in [4.69, 9.17) is 0 Å². The number of nitrogens with one attached hydrogen (secondary N) is 1. The number of hydrogen-bond acceptors (Lipinski definition) is 2. The Morgan fingerprint density at radius 1 is 1.43 bits per heavy atom. The van der Waals surface area contributed by atoms with E-state index in [0.29, 0.717) is 11.8 Å². The highest BCUT2D eigenvalue weighted by atomic mass is 16.1. The lowest BCUT2D eigenvalue weighted by molar-refractivity contribution is 0.694. The van der Waals surface area contributed by atoms with Gasteiger partial charge in [0.1, 0.15) is 0 Å². The first-order valence-corrected chi connectivity index (χ1v) is 5.15. The fourth-order valence-electron chi connectivity index (χ4n) is 1.32. The van der Waals surface area contributed by atoms with Crippen molar-refractivity contribution in [3.05, 3.63) is 27.7 Å². The summed E-state index contributed by atoms with van der Waals surface area (Å²) in [4.78, 5) is 11.5. The third kappa shape index (κ3) is 2.22. The average Bonchev–Trinajstić information content (AvgIpc) is 2.17. The second-order valence-corrected chi connectivity index (χ2v) is 4.04. The predicted octanol–water partition coefficient (Wildman–Crippen LogP) is 2.41. The van der Waals surface area contributed by atoms with E-state index in [1.807, 2.05) is 6.07 Å². The number of rotatable bonds is 3. The lowest BCUT2D eigenvalue weighted by Crippen LogP contribution is -2.17. The highest BCUT2D eigenvalue weighted by molar-refractivity contribution is 5.18. The van der Waals surface area contributed by atoms with Crippen LogP contribution in [0.3, 0.4) is 0 Å². The highest BCUT2D eigenvalue weighted by Crippen LogP contribution is 2.17. The molecule has 0 aliphatic carbocycles. The van der Waals surface area contributed by atoms with Crippen molar-refractivity contribution in [2.45, 2.75) is 46.0 Å². The maximum Gasteiger partial charge on any atom is 0.267 e. The summed E-state index contributed by atoms with van der Waals surface area (Å²) in [5, 5.41) is 6.58. The van der Waals surface area contributed by atoms with Crippen molar-refractivity contribution >= 4 is 0 Å². The first-order valence-electron chi connectivity index (χ1n) is 5.15. The minimum atomic E-state index is -0.0521. The Bertz CT molecular complexity index is 355. The molecule has 3 heteroatoms. The van der Waals surface area contributed by atoms with Crippen LogP contribution in [-0.2, 0) is 0 Å². The molecule has 0 aliphatic heterocycles. The van der Waals surface area contributed by atoms with Crippen LogP contribution in [0.25, 0.3) is 0 Å². The van der Waals surface area contributed by atoms with Crippen LogP contribution in [0.15, 0.2) is 10.9 Å². The molecule has 14 heavy (non-hydrogen) atoms. The van der Waals surface area contributed by atoms with Gasteiger partial charge in [0.25, 0.3) is 5.56 Å². The van der Waals surface area contributed by atoms with Crippen molar-refractivity contribution in [3.63, 3.8) is 0 Å². The maximum absolute atomic E-state index is 11.5. The summed E-state index contributed by atoms with van der Waals surface area (Å²) in [6, 6.07) is 1.93. The Balaban J connectivity index is 3.15. The molecule has 0 amide bonds. The van der Waals surface area contributed by atoms with E-state index in [0.717, 1.165) is 17.7 Å². The highest BCUT2D eigenvalue weighted by Gasteiger charge is 2.10. The monoisotopic (exact) mass is 194 g/mol. The van der Waals surface area contributed by atoms with E-state index < -0.39 is 0 Å².